The fraction of sp³-hybridized carbons (Fsp3) is 0.322. The Labute approximate surface area is 358 Å². The number of aryl methyl sites for hydroxylation is 4. The van der Waals surface area contributed by atoms with E-state index in [2.05, 4.69) is 172 Å². The molecule has 11 rings (SSSR count). The zero-order valence-corrected chi connectivity index (χ0v) is 36.1. The van der Waals surface area contributed by atoms with E-state index >= 15 is 0 Å². The highest BCUT2D eigenvalue weighted by Crippen LogP contribution is 2.56. The standard InChI is InChI=1S/C59H59N/c1-37-9-5-13-41(25-37)31-49(44-14-6-10-38(2)26-44)36-56-52-23-21-48(55-33-43-18-20-46(55)30-43)35-58(52)59(53-24-22-47(34-57(53)56)54-32-42-17-19-45(54)29-42)60(50-15-7-11-39(3)27-50)51-16-8-12-40(4)28-51/h5-16,21-28,34-36,42-43,45-46,54-55H,17-20,29-33H2,1-4H3/b49-36-. The van der Waals surface area contributed by atoms with Crippen molar-refractivity contribution in [1.82, 2.24) is 0 Å². The van der Waals surface area contributed by atoms with E-state index in [1.807, 2.05) is 0 Å². The van der Waals surface area contributed by atoms with Gasteiger partial charge in [0.15, 0.2) is 0 Å². The summed E-state index contributed by atoms with van der Waals surface area (Å²) in [6, 6.07) is 52.2. The average molecular weight is 782 g/mol. The van der Waals surface area contributed by atoms with E-state index in [1.165, 1.54) is 140 Å². The van der Waals surface area contributed by atoms with Crippen LogP contribution in [0.2, 0.25) is 0 Å². The van der Waals surface area contributed by atoms with Gasteiger partial charge in [-0.2, -0.15) is 0 Å². The summed E-state index contributed by atoms with van der Waals surface area (Å²) in [4.78, 5) is 2.61. The summed E-state index contributed by atoms with van der Waals surface area (Å²) >= 11 is 0. The summed E-state index contributed by atoms with van der Waals surface area (Å²) in [6.07, 6.45) is 14.6. The van der Waals surface area contributed by atoms with Gasteiger partial charge in [0, 0.05) is 22.1 Å². The predicted octanol–water partition coefficient (Wildman–Crippen LogP) is 16.3. The van der Waals surface area contributed by atoms with Gasteiger partial charge in [0.2, 0.25) is 0 Å². The molecule has 4 fully saturated rings. The Kier molecular flexibility index (Phi) is 9.56. The number of hydrogen-bond donors (Lipinski definition) is 0. The zero-order chi connectivity index (χ0) is 40.5. The Morgan fingerprint density at radius 1 is 0.500 bits per heavy atom. The lowest BCUT2D eigenvalue weighted by atomic mass is 9.80. The zero-order valence-electron chi connectivity index (χ0n) is 36.1. The third-order valence-corrected chi connectivity index (χ3v) is 15.4. The van der Waals surface area contributed by atoms with Crippen LogP contribution in [0.25, 0.3) is 33.2 Å². The average Bonchev–Trinajstić information content (AvgIpc) is 4.09. The molecule has 1 nitrogen and oxygen atoms in total. The van der Waals surface area contributed by atoms with Crippen LogP contribution < -0.4 is 4.90 Å². The predicted molar refractivity (Wildman–Crippen MR) is 256 cm³/mol. The highest BCUT2D eigenvalue weighted by Gasteiger charge is 2.41. The van der Waals surface area contributed by atoms with E-state index in [1.54, 1.807) is 5.56 Å². The molecule has 0 saturated heterocycles. The normalized spacial score (nSPS) is 23.3. The van der Waals surface area contributed by atoms with Crippen LogP contribution in [-0.4, -0.2) is 0 Å². The van der Waals surface area contributed by atoms with E-state index in [0.717, 1.165) is 30.1 Å². The van der Waals surface area contributed by atoms with Gasteiger partial charge in [-0.25, -0.2) is 0 Å². The number of anilines is 3. The van der Waals surface area contributed by atoms with Crippen molar-refractivity contribution in [3.05, 3.63) is 184 Å². The topological polar surface area (TPSA) is 3.24 Å². The van der Waals surface area contributed by atoms with E-state index in [0.29, 0.717) is 11.8 Å². The van der Waals surface area contributed by atoms with Crippen LogP contribution in [-0.2, 0) is 6.42 Å². The van der Waals surface area contributed by atoms with Crippen LogP contribution in [0.3, 0.4) is 0 Å². The highest BCUT2D eigenvalue weighted by molar-refractivity contribution is 6.20. The lowest BCUT2D eigenvalue weighted by Gasteiger charge is -2.31. The minimum atomic E-state index is 0.645. The number of benzene rings is 7. The van der Waals surface area contributed by atoms with E-state index in [-0.39, 0.29) is 0 Å². The summed E-state index contributed by atoms with van der Waals surface area (Å²) in [5, 5.41) is 5.44. The van der Waals surface area contributed by atoms with Crippen molar-refractivity contribution in [2.45, 2.75) is 97.3 Å². The summed E-state index contributed by atoms with van der Waals surface area (Å²) < 4.78 is 0. The molecule has 300 valence electrons. The molecule has 4 saturated carbocycles. The quantitative estimate of drug-likeness (QED) is 0.104. The molecule has 6 unspecified atom stereocenters. The van der Waals surface area contributed by atoms with Crippen LogP contribution in [0.4, 0.5) is 17.1 Å². The van der Waals surface area contributed by atoms with Crippen molar-refractivity contribution in [2.75, 3.05) is 4.90 Å². The maximum absolute atomic E-state index is 2.66. The molecule has 4 aliphatic rings. The largest absolute Gasteiger partial charge is 0.309 e. The number of fused-ring (bicyclic) bond motifs is 6. The molecule has 0 aromatic heterocycles. The minimum absolute atomic E-state index is 0.645. The van der Waals surface area contributed by atoms with E-state index in [9.17, 15) is 0 Å². The molecule has 7 aromatic rings. The van der Waals surface area contributed by atoms with Crippen LogP contribution in [0.5, 0.6) is 0 Å². The molecule has 60 heavy (non-hydrogen) atoms. The Morgan fingerprint density at radius 3 is 1.60 bits per heavy atom. The highest BCUT2D eigenvalue weighted by atomic mass is 15.1. The second-order valence-corrected chi connectivity index (χ2v) is 19.7. The van der Waals surface area contributed by atoms with Gasteiger partial charge >= 0.3 is 0 Å². The Hall–Kier alpha value is -5.40. The fourth-order valence-corrected chi connectivity index (χ4v) is 12.7. The summed E-state index contributed by atoms with van der Waals surface area (Å²) in [6.45, 7) is 8.92. The summed E-state index contributed by atoms with van der Waals surface area (Å²) in [5.41, 5.74) is 17.4. The smallest absolute Gasteiger partial charge is 0.0618 e. The Morgan fingerprint density at radius 2 is 1.05 bits per heavy atom. The molecule has 0 N–H and O–H groups in total. The van der Waals surface area contributed by atoms with Crippen LogP contribution in [0.1, 0.15) is 113 Å². The van der Waals surface area contributed by atoms with Gasteiger partial charge < -0.3 is 4.90 Å². The van der Waals surface area contributed by atoms with Gasteiger partial charge in [0.1, 0.15) is 0 Å². The fourth-order valence-electron chi connectivity index (χ4n) is 12.7. The molecule has 4 bridgehead atoms. The van der Waals surface area contributed by atoms with Crippen molar-refractivity contribution in [1.29, 1.82) is 0 Å². The Bertz CT molecular complexity index is 2760. The second kappa shape index (κ2) is 15.3. The first-order chi connectivity index (χ1) is 29.3. The van der Waals surface area contributed by atoms with Gasteiger partial charge in [-0.05, 0) is 200 Å². The molecule has 0 aliphatic heterocycles. The first-order valence-corrected chi connectivity index (χ1v) is 23.1. The summed E-state index contributed by atoms with van der Waals surface area (Å²) in [5.74, 6) is 4.71. The first kappa shape index (κ1) is 37.6. The SMILES string of the molecule is Cc1cccc(C/C(=C/c2c3cc(C4CC5CCC4C5)ccc3c(N(c3cccc(C)c3)c3cccc(C)c3)c3cc(C4CC5CCC4C5)ccc23)c2cccc(C)c2)c1. The molecular formula is C59H59N. The number of rotatable bonds is 9. The lowest BCUT2D eigenvalue weighted by Crippen LogP contribution is -2.13. The number of nitrogens with zero attached hydrogens (tertiary/aromatic N) is 1. The monoisotopic (exact) mass is 781 g/mol. The number of hydrogen-bond acceptors (Lipinski definition) is 1. The van der Waals surface area contributed by atoms with Gasteiger partial charge in [-0.15, -0.1) is 0 Å². The maximum Gasteiger partial charge on any atom is 0.0618 e. The van der Waals surface area contributed by atoms with Crippen LogP contribution >= 0.6 is 0 Å². The van der Waals surface area contributed by atoms with Crippen molar-refractivity contribution >= 4 is 50.3 Å². The maximum atomic E-state index is 2.66. The molecular weight excluding hydrogens is 723 g/mol. The third kappa shape index (κ3) is 6.89. The first-order valence-electron chi connectivity index (χ1n) is 23.1. The van der Waals surface area contributed by atoms with Gasteiger partial charge in [-0.1, -0.05) is 127 Å². The molecule has 0 spiro atoms. The van der Waals surface area contributed by atoms with E-state index in [4.69, 9.17) is 0 Å². The minimum Gasteiger partial charge on any atom is -0.309 e. The molecule has 7 aromatic carbocycles. The third-order valence-electron chi connectivity index (χ3n) is 15.4. The van der Waals surface area contributed by atoms with Crippen molar-refractivity contribution in [3.8, 4) is 0 Å². The molecule has 1 heteroatoms. The molecule has 0 radical (unpaired) electrons. The second-order valence-electron chi connectivity index (χ2n) is 19.7. The van der Waals surface area contributed by atoms with Crippen LogP contribution in [0, 0.1) is 51.4 Å². The van der Waals surface area contributed by atoms with Gasteiger partial charge in [-0.3, -0.25) is 0 Å². The molecule has 4 aliphatic carbocycles. The van der Waals surface area contributed by atoms with Gasteiger partial charge in [0.25, 0.3) is 0 Å². The van der Waals surface area contributed by atoms with Gasteiger partial charge in [0.05, 0.1) is 5.69 Å². The number of allylic oxidation sites excluding steroid dienone is 1. The van der Waals surface area contributed by atoms with Crippen molar-refractivity contribution < 1.29 is 0 Å². The lowest BCUT2D eigenvalue weighted by molar-refractivity contribution is 0.420. The van der Waals surface area contributed by atoms with E-state index < -0.39 is 0 Å². The Balaban J connectivity index is 1.24. The van der Waals surface area contributed by atoms with Crippen molar-refractivity contribution in [3.63, 3.8) is 0 Å². The molecule has 0 heterocycles. The molecule has 0 amide bonds. The van der Waals surface area contributed by atoms with Crippen molar-refractivity contribution in [2.24, 2.45) is 23.7 Å². The van der Waals surface area contributed by atoms with Crippen LogP contribution in [0.15, 0.2) is 133 Å². The summed E-state index contributed by atoms with van der Waals surface area (Å²) in [7, 11) is 0. The molecule has 6 atom stereocenters.